The van der Waals surface area contributed by atoms with Crippen LogP contribution in [-0.2, 0) is 0 Å². The highest BCUT2D eigenvalue weighted by Crippen LogP contribution is 2.28. The van der Waals surface area contributed by atoms with Crippen LogP contribution in [0.5, 0.6) is 11.5 Å². The van der Waals surface area contributed by atoms with E-state index in [-0.39, 0.29) is 6.07 Å². The number of anilines is 1. The van der Waals surface area contributed by atoms with Crippen LogP contribution in [-0.4, -0.2) is 16.1 Å². The maximum Gasteiger partial charge on any atom is 0.263 e. The van der Waals surface area contributed by atoms with E-state index >= 15 is 0 Å². The first-order chi connectivity index (χ1) is 9.40. The molecule has 0 heterocycles. The van der Waals surface area contributed by atoms with Crippen molar-refractivity contribution >= 4 is 11.6 Å². The van der Waals surface area contributed by atoms with Crippen molar-refractivity contribution in [2.45, 2.75) is 0 Å². The zero-order chi connectivity index (χ0) is 14.9. The molecule has 1 amide bonds. The van der Waals surface area contributed by atoms with Crippen molar-refractivity contribution < 1.29 is 28.2 Å². The summed E-state index contributed by atoms with van der Waals surface area (Å²) in [4.78, 5) is 11.8. The molecule has 3 N–H and O–H groups in total. The Bertz CT molecular complexity index is 669. The fraction of sp³-hybridized carbons (Fsp3) is 0. The second kappa shape index (κ2) is 5.12. The van der Waals surface area contributed by atoms with E-state index in [9.17, 15) is 28.2 Å². The van der Waals surface area contributed by atoms with E-state index in [2.05, 4.69) is 0 Å². The van der Waals surface area contributed by atoms with Crippen LogP contribution < -0.4 is 5.32 Å². The number of carbonyl (C=O) groups is 1. The second-order valence-corrected chi connectivity index (χ2v) is 3.87. The van der Waals surface area contributed by atoms with E-state index in [0.29, 0.717) is 6.07 Å². The number of phenolic OH excluding ortho intramolecular Hbond substituents is 2. The van der Waals surface area contributed by atoms with Crippen LogP contribution >= 0.6 is 0 Å². The van der Waals surface area contributed by atoms with E-state index < -0.39 is 46.1 Å². The SMILES string of the molecule is O=C(Nc1cc(F)c(F)cc1F)c1c(O)cccc1O. The summed E-state index contributed by atoms with van der Waals surface area (Å²) in [5.74, 6) is -6.07. The van der Waals surface area contributed by atoms with E-state index in [1.54, 1.807) is 0 Å². The van der Waals surface area contributed by atoms with Gasteiger partial charge in [-0.25, -0.2) is 13.2 Å². The molecule has 0 spiro atoms. The van der Waals surface area contributed by atoms with Gasteiger partial charge in [-0.05, 0) is 12.1 Å². The Morgan fingerprint density at radius 1 is 0.950 bits per heavy atom. The van der Waals surface area contributed by atoms with Gasteiger partial charge in [0, 0.05) is 12.1 Å². The zero-order valence-electron chi connectivity index (χ0n) is 9.82. The Hall–Kier alpha value is -2.70. The summed E-state index contributed by atoms with van der Waals surface area (Å²) in [7, 11) is 0. The third-order valence-corrected chi connectivity index (χ3v) is 2.51. The van der Waals surface area contributed by atoms with Gasteiger partial charge in [-0.3, -0.25) is 4.79 Å². The standard InChI is InChI=1S/C13H8F3NO3/c14-6-4-8(16)9(5-7(6)15)17-13(20)12-10(18)2-1-3-11(12)19/h1-5,18-19H,(H,17,20). The molecule has 2 aromatic carbocycles. The summed E-state index contributed by atoms with van der Waals surface area (Å²) < 4.78 is 39.1. The number of rotatable bonds is 2. The summed E-state index contributed by atoms with van der Waals surface area (Å²) in [6.45, 7) is 0. The van der Waals surface area contributed by atoms with Gasteiger partial charge in [0.25, 0.3) is 5.91 Å². The molecular weight excluding hydrogens is 275 g/mol. The molecule has 0 saturated carbocycles. The monoisotopic (exact) mass is 283 g/mol. The predicted molar refractivity (Wildman–Crippen MR) is 64.0 cm³/mol. The molecule has 0 fully saturated rings. The average Bonchev–Trinajstić information content (AvgIpc) is 2.35. The van der Waals surface area contributed by atoms with Crippen LogP contribution in [0.3, 0.4) is 0 Å². The van der Waals surface area contributed by atoms with Gasteiger partial charge in [0.15, 0.2) is 11.6 Å². The quantitative estimate of drug-likeness (QED) is 0.742. The largest absolute Gasteiger partial charge is 0.507 e. The topological polar surface area (TPSA) is 69.6 Å². The number of amides is 1. The van der Waals surface area contributed by atoms with E-state index in [4.69, 9.17) is 0 Å². The number of nitrogens with one attached hydrogen (secondary N) is 1. The Morgan fingerprint density at radius 2 is 1.50 bits per heavy atom. The summed E-state index contributed by atoms with van der Waals surface area (Å²) in [5.41, 5.74) is -1.12. The van der Waals surface area contributed by atoms with Crippen molar-refractivity contribution in [3.05, 3.63) is 53.3 Å². The highest BCUT2D eigenvalue weighted by Gasteiger charge is 2.18. The van der Waals surface area contributed by atoms with Crippen molar-refractivity contribution in [3.8, 4) is 11.5 Å². The lowest BCUT2D eigenvalue weighted by molar-refractivity contribution is 0.102. The minimum Gasteiger partial charge on any atom is -0.507 e. The van der Waals surface area contributed by atoms with Crippen molar-refractivity contribution in [3.63, 3.8) is 0 Å². The molecular formula is C13H8F3NO3. The maximum atomic E-state index is 13.4. The lowest BCUT2D eigenvalue weighted by atomic mass is 10.1. The number of hydrogen-bond acceptors (Lipinski definition) is 3. The zero-order valence-corrected chi connectivity index (χ0v) is 9.82. The summed E-state index contributed by atoms with van der Waals surface area (Å²) in [6.07, 6.45) is 0. The molecule has 104 valence electrons. The lowest BCUT2D eigenvalue weighted by Gasteiger charge is -2.09. The third-order valence-electron chi connectivity index (χ3n) is 2.51. The minimum atomic E-state index is -1.40. The van der Waals surface area contributed by atoms with Crippen LogP contribution in [0.1, 0.15) is 10.4 Å². The molecule has 0 radical (unpaired) electrons. The lowest BCUT2D eigenvalue weighted by Crippen LogP contribution is -2.14. The van der Waals surface area contributed by atoms with Crippen LogP contribution in [0.2, 0.25) is 0 Å². The van der Waals surface area contributed by atoms with Gasteiger partial charge in [-0.15, -0.1) is 0 Å². The predicted octanol–water partition coefficient (Wildman–Crippen LogP) is 2.77. The number of halogens is 3. The number of phenols is 2. The fourth-order valence-electron chi connectivity index (χ4n) is 1.56. The van der Waals surface area contributed by atoms with Gasteiger partial charge in [0.2, 0.25) is 0 Å². The van der Waals surface area contributed by atoms with Crippen LogP contribution in [0, 0.1) is 17.5 Å². The molecule has 0 atom stereocenters. The van der Waals surface area contributed by atoms with Crippen LogP contribution in [0.25, 0.3) is 0 Å². The van der Waals surface area contributed by atoms with Gasteiger partial charge < -0.3 is 15.5 Å². The van der Waals surface area contributed by atoms with Crippen LogP contribution in [0.4, 0.5) is 18.9 Å². The third kappa shape index (κ3) is 2.51. The van der Waals surface area contributed by atoms with E-state index in [1.165, 1.54) is 6.07 Å². The molecule has 7 heteroatoms. The number of hydrogen-bond donors (Lipinski definition) is 3. The number of benzene rings is 2. The molecule has 4 nitrogen and oxygen atoms in total. The summed E-state index contributed by atoms with van der Waals surface area (Å²) in [5, 5.41) is 20.9. The Morgan fingerprint density at radius 3 is 2.10 bits per heavy atom. The maximum absolute atomic E-state index is 13.4. The van der Waals surface area contributed by atoms with Gasteiger partial charge in [-0.1, -0.05) is 6.07 Å². The van der Waals surface area contributed by atoms with Gasteiger partial charge in [-0.2, -0.15) is 0 Å². The van der Waals surface area contributed by atoms with Gasteiger partial charge in [0.1, 0.15) is 22.9 Å². The average molecular weight is 283 g/mol. The highest BCUT2D eigenvalue weighted by molar-refractivity contribution is 6.08. The molecule has 0 aliphatic carbocycles. The Labute approximate surface area is 111 Å². The normalized spacial score (nSPS) is 10.3. The van der Waals surface area contributed by atoms with Gasteiger partial charge >= 0.3 is 0 Å². The van der Waals surface area contributed by atoms with Crippen molar-refractivity contribution in [1.82, 2.24) is 0 Å². The second-order valence-electron chi connectivity index (χ2n) is 3.87. The minimum absolute atomic E-state index is 0.273. The number of aromatic hydroxyl groups is 2. The molecule has 0 aromatic heterocycles. The molecule has 2 rings (SSSR count). The molecule has 20 heavy (non-hydrogen) atoms. The summed E-state index contributed by atoms with van der Waals surface area (Å²) >= 11 is 0. The number of carbonyl (C=O) groups excluding carboxylic acids is 1. The first-order valence-corrected chi connectivity index (χ1v) is 5.37. The van der Waals surface area contributed by atoms with Crippen molar-refractivity contribution in [2.75, 3.05) is 5.32 Å². The highest BCUT2D eigenvalue weighted by atomic mass is 19.2. The Kier molecular flexibility index (Phi) is 3.51. The molecule has 2 aromatic rings. The van der Waals surface area contributed by atoms with Crippen molar-refractivity contribution in [1.29, 1.82) is 0 Å². The van der Waals surface area contributed by atoms with Crippen LogP contribution in [0.15, 0.2) is 30.3 Å². The van der Waals surface area contributed by atoms with E-state index in [0.717, 1.165) is 12.1 Å². The first-order valence-electron chi connectivity index (χ1n) is 5.37. The molecule has 0 unspecified atom stereocenters. The summed E-state index contributed by atoms with van der Waals surface area (Å²) in [6, 6.07) is 4.29. The van der Waals surface area contributed by atoms with E-state index in [1.807, 2.05) is 5.32 Å². The smallest absolute Gasteiger partial charge is 0.263 e. The molecule has 0 aliphatic heterocycles. The van der Waals surface area contributed by atoms with Gasteiger partial charge in [0.05, 0.1) is 5.69 Å². The molecule has 0 bridgehead atoms. The molecule has 0 saturated heterocycles. The fourth-order valence-corrected chi connectivity index (χ4v) is 1.56. The first kappa shape index (κ1) is 13.7. The molecule has 0 aliphatic rings. The Balaban J connectivity index is 2.35. The van der Waals surface area contributed by atoms with Crippen molar-refractivity contribution in [2.24, 2.45) is 0 Å².